The van der Waals surface area contributed by atoms with Gasteiger partial charge in [0.1, 0.15) is 0 Å². The van der Waals surface area contributed by atoms with Crippen LogP contribution in [0.3, 0.4) is 0 Å². The van der Waals surface area contributed by atoms with Crippen molar-refractivity contribution in [1.29, 1.82) is 0 Å². The normalized spacial score (nSPS) is 31.0. The quantitative estimate of drug-likeness (QED) is 0.576. The Bertz CT molecular complexity index is 264. The smallest absolute Gasteiger partial charge is 0.306 e. The first kappa shape index (κ1) is 8.48. The van der Waals surface area contributed by atoms with E-state index < -0.39 is 27.2 Å². The third-order valence-electron chi connectivity index (χ3n) is 1.91. The Morgan fingerprint density at radius 3 is 2.18 bits per heavy atom. The summed E-state index contributed by atoms with van der Waals surface area (Å²) in [5.74, 6) is -1.46. The van der Waals surface area contributed by atoms with Crippen LogP contribution in [0.15, 0.2) is 0 Å². The first-order valence-electron chi connectivity index (χ1n) is 3.15. The molecule has 5 nitrogen and oxygen atoms in total. The maximum Gasteiger partial charge on any atom is 0.306 e. The van der Waals surface area contributed by atoms with Gasteiger partial charge < -0.3 is 5.11 Å². The van der Waals surface area contributed by atoms with Gasteiger partial charge in [-0.05, 0) is 12.8 Å². The van der Waals surface area contributed by atoms with Crippen molar-refractivity contribution < 1.29 is 18.3 Å². The highest BCUT2D eigenvalue weighted by Gasteiger charge is 2.40. The minimum absolute atomic E-state index is 0.161. The fraction of sp³-hybridized carbons (Fsp3) is 0.800. The van der Waals surface area contributed by atoms with Crippen molar-refractivity contribution >= 4 is 16.0 Å². The van der Waals surface area contributed by atoms with Gasteiger partial charge in [-0.2, -0.15) is 0 Å². The minimum atomic E-state index is -3.50. The average Bonchev–Trinajstić information content (AvgIpc) is 1.51. The zero-order valence-electron chi connectivity index (χ0n) is 5.73. The molecule has 11 heavy (non-hydrogen) atoms. The van der Waals surface area contributed by atoms with Crippen LogP contribution in [0.4, 0.5) is 0 Å². The Balaban J connectivity index is 2.48. The highest BCUT2D eigenvalue weighted by Crippen LogP contribution is 2.31. The lowest BCUT2D eigenvalue weighted by molar-refractivity contribution is -0.144. The SMILES string of the molecule is NS(=O)(=O)C1CC(C(=O)O)C1. The lowest BCUT2D eigenvalue weighted by Crippen LogP contribution is -2.42. The molecule has 0 heterocycles. The summed E-state index contributed by atoms with van der Waals surface area (Å²) >= 11 is 0. The van der Waals surface area contributed by atoms with Gasteiger partial charge in [0, 0.05) is 0 Å². The second-order valence-corrected chi connectivity index (χ2v) is 4.56. The minimum Gasteiger partial charge on any atom is -0.481 e. The fourth-order valence-electron chi connectivity index (χ4n) is 1.04. The third-order valence-corrected chi connectivity index (χ3v) is 3.22. The Kier molecular flexibility index (Phi) is 1.89. The summed E-state index contributed by atoms with van der Waals surface area (Å²) in [6, 6.07) is 0. The average molecular weight is 179 g/mol. The molecule has 1 rings (SSSR count). The molecule has 3 N–H and O–H groups in total. The van der Waals surface area contributed by atoms with Gasteiger partial charge in [0.15, 0.2) is 0 Å². The molecule has 0 amide bonds. The van der Waals surface area contributed by atoms with Crippen molar-refractivity contribution in [1.82, 2.24) is 0 Å². The van der Waals surface area contributed by atoms with Crippen LogP contribution in [0.1, 0.15) is 12.8 Å². The molecular weight excluding hydrogens is 170 g/mol. The lowest BCUT2D eigenvalue weighted by atomic mass is 9.85. The van der Waals surface area contributed by atoms with Gasteiger partial charge >= 0.3 is 5.97 Å². The van der Waals surface area contributed by atoms with E-state index in [0.717, 1.165) is 0 Å². The number of sulfonamides is 1. The molecule has 0 unspecified atom stereocenters. The molecule has 0 radical (unpaired) electrons. The van der Waals surface area contributed by atoms with Gasteiger partial charge in [0.2, 0.25) is 10.0 Å². The molecule has 0 saturated heterocycles. The second-order valence-electron chi connectivity index (χ2n) is 2.72. The van der Waals surface area contributed by atoms with E-state index in [9.17, 15) is 13.2 Å². The predicted octanol–water partition coefficient (Wildman–Crippen LogP) is -0.862. The summed E-state index contributed by atoms with van der Waals surface area (Å²) in [6.45, 7) is 0. The van der Waals surface area contributed by atoms with Gasteiger partial charge in [-0.1, -0.05) is 0 Å². The molecule has 1 aliphatic carbocycles. The zero-order valence-corrected chi connectivity index (χ0v) is 6.54. The second kappa shape index (κ2) is 2.46. The van der Waals surface area contributed by atoms with Crippen LogP contribution >= 0.6 is 0 Å². The fourth-order valence-corrected chi connectivity index (χ4v) is 2.04. The summed E-state index contributed by atoms with van der Waals surface area (Å²) in [5, 5.41) is 12.5. The number of carboxylic acid groups (broad SMARTS) is 1. The molecule has 1 saturated carbocycles. The zero-order chi connectivity index (χ0) is 8.65. The topological polar surface area (TPSA) is 97.5 Å². The summed E-state index contributed by atoms with van der Waals surface area (Å²) < 4.78 is 21.1. The number of aliphatic carboxylic acids is 1. The summed E-state index contributed by atoms with van der Waals surface area (Å²) in [5.41, 5.74) is 0. The maximum atomic E-state index is 10.6. The Labute approximate surface area is 64.2 Å². The third kappa shape index (κ3) is 1.69. The van der Waals surface area contributed by atoms with Crippen molar-refractivity contribution in [2.45, 2.75) is 18.1 Å². The molecule has 0 aromatic rings. The van der Waals surface area contributed by atoms with E-state index >= 15 is 0 Å². The summed E-state index contributed by atoms with van der Waals surface area (Å²) in [7, 11) is -3.50. The Morgan fingerprint density at radius 1 is 1.45 bits per heavy atom. The van der Waals surface area contributed by atoms with Crippen LogP contribution in [0.5, 0.6) is 0 Å². The first-order chi connectivity index (χ1) is 4.91. The number of hydrogen-bond acceptors (Lipinski definition) is 3. The van der Waals surface area contributed by atoms with Crippen molar-refractivity contribution in [2.75, 3.05) is 0 Å². The largest absolute Gasteiger partial charge is 0.481 e. The molecule has 0 atom stereocenters. The van der Waals surface area contributed by atoms with Crippen LogP contribution in [0.25, 0.3) is 0 Å². The van der Waals surface area contributed by atoms with E-state index in [1.54, 1.807) is 0 Å². The Hall–Kier alpha value is -0.620. The summed E-state index contributed by atoms with van der Waals surface area (Å²) in [6.07, 6.45) is 0.322. The van der Waals surface area contributed by atoms with Crippen molar-refractivity contribution in [2.24, 2.45) is 11.1 Å². The maximum absolute atomic E-state index is 10.6. The van der Waals surface area contributed by atoms with Crippen LogP contribution in [-0.4, -0.2) is 24.7 Å². The highest BCUT2D eigenvalue weighted by atomic mass is 32.2. The van der Waals surface area contributed by atoms with Crippen LogP contribution in [-0.2, 0) is 14.8 Å². The number of rotatable bonds is 2. The van der Waals surface area contributed by atoms with E-state index in [1.807, 2.05) is 0 Å². The Morgan fingerprint density at radius 2 is 1.91 bits per heavy atom. The number of nitrogens with two attached hydrogens (primary N) is 1. The van der Waals surface area contributed by atoms with E-state index in [1.165, 1.54) is 0 Å². The molecule has 64 valence electrons. The molecular formula is C5H9NO4S. The lowest BCUT2D eigenvalue weighted by Gasteiger charge is -2.29. The molecule has 6 heteroatoms. The van der Waals surface area contributed by atoms with Crippen molar-refractivity contribution in [3.8, 4) is 0 Å². The van der Waals surface area contributed by atoms with Crippen molar-refractivity contribution in [3.05, 3.63) is 0 Å². The van der Waals surface area contributed by atoms with Gasteiger partial charge in [-0.3, -0.25) is 4.79 Å². The van der Waals surface area contributed by atoms with Gasteiger partial charge in [0.05, 0.1) is 11.2 Å². The number of primary sulfonamides is 1. The van der Waals surface area contributed by atoms with Gasteiger partial charge in [-0.25, -0.2) is 13.6 Å². The molecule has 1 fully saturated rings. The van der Waals surface area contributed by atoms with Crippen LogP contribution in [0, 0.1) is 5.92 Å². The van der Waals surface area contributed by atoms with Crippen molar-refractivity contribution in [3.63, 3.8) is 0 Å². The monoisotopic (exact) mass is 179 g/mol. The molecule has 0 aliphatic heterocycles. The number of carbonyl (C=O) groups is 1. The summed E-state index contributed by atoms with van der Waals surface area (Å²) in [4.78, 5) is 10.2. The van der Waals surface area contributed by atoms with E-state index in [4.69, 9.17) is 10.2 Å². The standard InChI is InChI=1S/C5H9NO4S/c6-11(9,10)4-1-3(2-4)5(7)8/h3-4H,1-2H2,(H,7,8)(H2,6,9,10). The molecule has 0 bridgehead atoms. The van der Waals surface area contributed by atoms with Crippen LogP contribution < -0.4 is 5.14 Å². The highest BCUT2D eigenvalue weighted by molar-refractivity contribution is 7.89. The van der Waals surface area contributed by atoms with Gasteiger partial charge in [0.25, 0.3) is 0 Å². The number of hydrogen-bond donors (Lipinski definition) is 2. The van der Waals surface area contributed by atoms with Crippen LogP contribution in [0.2, 0.25) is 0 Å². The molecule has 0 spiro atoms. The van der Waals surface area contributed by atoms with E-state index in [-0.39, 0.29) is 12.8 Å². The van der Waals surface area contributed by atoms with E-state index in [0.29, 0.717) is 0 Å². The van der Waals surface area contributed by atoms with E-state index in [2.05, 4.69) is 0 Å². The molecule has 1 aliphatic rings. The predicted molar refractivity (Wildman–Crippen MR) is 37.3 cm³/mol. The number of carboxylic acids is 1. The first-order valence-corrected chi connectivity index (χ1v) is 4.76. The molecule has 0 aromatic carbocycles. The van der Waals surface area contributed by atoms with Gasteiger partial charge in [-0.15, -0.1) is 0 Å². The molecule has 0 aromatic heterocycles.